The normalized spacial score (nSPS) is 18.8. The van der Waals surface area contributed by atoms with E-state index in [1.807, 2.05) is 18.2 Å². The van der Waals surface area contributed by atoms with E-state index in [9.17, 15) is 0 Å². The molecule has 1 fully saturated rings. The van der Waals surface area contributed by atoms with Crippen LogP contribution in [0.5, 0.6) is 0 Å². The van der Waals surface area contributed by atoms with Crippen molar-refractivity contribution < 1.29 is 4.74 Å². The van der Waals surface area contributed by atoms with Crippen molar-refractivity contribution >= 4 is 17.6 Å². The lowest BCUT2D eigenvalue weighted by Gasteiger charge is -2.14. The number of ether oxygens (including phenoxy) is 1. The Labute approximate surface area is 131 Å². The van der Waals surface area contributed by atoms with Gasteiger partial charge in [-0.2, -0.15) is 0 Å². The molecule has 0 aromatic heterocycles. The molecule has 1 aromatic carbocycles. The van der Waals surface area contributed by atoms with Crippen LogP contribution in [0.15, 0.2) is 29.3 Å². The lowest BCUT2D eigenvalue weighted by atomic mass is 10.1. The van der Waals surface area contributed by atoms with Crippen LogP contribution >= 0.6 is 11.6 Å². The first-order valence-corrected chi connectivity index (χ1v) is 7.97. The molecule has 1 aromatic rings. The Kier molecular flexibility index (Phi) is 6.83. The summed E-state index contributed by atoms with van der Waals surface area (Å²) >= 11 is 6.14. The molecular formula is C16H24ClN3O. The highest BCUT2D eigenvalue weighted by molar-refractivity contribution is 6.31. The van der Waals surface area contributed by atoms with Gasteiger partial charge in [0, 0.05) is 31.8 Å². The largest absolute Gasteiger partial charge is 0.378 e. The fourth-order valence-electron chi connectivity index (χ4n) is 2.46. The maximum atomic E-state index is 6.14. The van der Waals surface area contributed by atoms with E-state index in [0.29, 0.717) is 6.10 Å². The summed E-state index contributed by atoms with van der Waals surface area (Å²) in [6.45, 7) is 2.61. The molecule has 1 heterocycles. The van der Waals surface area contributed by atoms with Gasteiger partial charge in [0.25, 0.3) is 0 Å². The average molecular weight is 310 g/mol. The van der Waals surface area contributed by atoms with E-state index in [0.717, 1.165) is 49.1 Å². The summed E-state index contributed by atoms with van der Waals surface area (Å²) < 4.78 is 5.61. The highest BCUT2D eigenvalue weighted by atomic mass is 35.5. The summed E-state index contributed by atoms with van der Waals surface area (Å²) in [5.74, 6) is 0.833. The maximum Gasteiger partial charge on any atom is 0.190 e. The third kappa shape index (κ3) is 5.56. The number of aliphatic imine (C=N–C) groups is 1. The van der Waals surface area contributed by atoms with Crippen molar-refractivity contribution in [2.45, 2.75) is 31.8 Å². The molecule has 116 valence electrons. The Morgan fingerprint density at radius 2 is 2.14 bits per heavy atom. The van der Waals surface area contributed by atoms with Crippen LogP contribution in [-0.4, -0.2) is 38.8 Å². The van der Waals surface area contributed by atoms with Crippen molar-refractivity contribution in [3.63, 3.8) is 0 Å². The predicted octanol–water partition coefficient (Wildman–Crippen LogP) is 2.62. The third-order valence-corrected chi connectivity index (χ3v) is 4.02. The summed E-state index contributed by atoms with van der Waals surface area (Å²) in [6, 6.07) is 7.93. The van der Waals surface area contributed by atoms with E-state index in [-0.39, 0.29) is 0 Å². The standard InChI is InChI=1S/C16H24ClN3O/c1-18-16(20-11-9-14-6-4-12-21-14)19-10-8-13-5-2-3-7-15(13)17/h2-3,5,7,14H,4,6,8-12H2,1H3,(H2,18,19,20). The fraction of sp³-hybridized carbons (Fsp3) is 0.562. The Morgan fingerprint density at radius 1 is 1.33 bits per heavy atom. The molecule has 4 nitrogen and oxygen atoms in total. The van der Waals surface area contributed by atoms with E-state index in [1.54, 1.807) is 7.05 Å². The first-order valence-electron chi connectivity index (χ1n) is 7.59. The van der Waals surface area contributed by atoms with E-state index in [4.69, 9.17) is 16.3 Å². The number of benzene rings is 1. The van der Waals surface area contributed by atoms with Crippen LogP contribution < -0.4 is 10.6 Å². The quantitative estimate of drug-likeness (QED) is 0.627. The highest BCUT2D eigenvalue weighted by Gasteiger charge is 2.14. The molecule has 0 aliphatic carbocycles. The molecule has 1 saturated heterocycles. The maximum absolute atomic E-state index is 6.14. The van der Waals surface area contributed by atoms with Crippen LogP contribution in [0.2, 0.25) is 5.02 Å². The summed E-state index contributed by atoms with van der Waals surface area (Å²) in [6.07, 6.45) is 4.70. The second-order valence-corrected chi connectivity index (χ2v) is 5.60. The number of hydrogen-bond donors (Lipinski definition) is 2. The van der Waals surface area contributed by atoms with E-state index in [2.05, 4.69) is 21.7 Å². The van der Waals surface area contributed by atoms with Gasteiger partial charge in [-0.25, -0.2) is 0 Å². The van der Waals surface area contributed by atoms with Crippen molar-refractivity contribution in [2.24, 2.45) is 4.99 Å². The van der Waals surface area contributed by atoms with E-state index < -0.39 is 0 Å². The SMILES string of the molecule is CN=C(NCCc1ccccc1Cl)NCCC1CCCO1. The molecule has 1 atom stereocenters. The van der Waals surface area contributed by atoms with Gasteiger partial charge in [0.15, 0.2) is 5.96 Å². The number of nitrogens with one attached hydrogen (secondary N) is 2. The monoisotopic (exact) mass is 309 g/mol. The van der Waals surface area contributed by atoms with Crippen LogP contribution in [0, 0.1) is 0 Å². The summed E-state index contributed by atoms with van der Waals surface area (Å²) in [5, 5.41) is 7.45. The van der Waals surface area contributed by atoms with Crippen molar-refractivity contribution in [2.75, 3.05) is 26.7 Å². The summed E-state index contributed by atoms with van der Waals surface area (Å²) in [5.41, 5.74) is 1.15. The van der Waals surface area contributed by atoms with Gasteiger partial charge < -0.3 is 15.4 Å². The fourth-order valence-corrected chi connectivity index (χ4v) is 2.69. The van der Waals surface area contributed by atoms with Crippen molar-refractivity contribution in [3.05, 3.63) is 34.9 Å². The van der Waals surface area contributed by atoms with E-state index >= 15 is 0 Å². The molecule has 0 amide bonds. The Morgan fingerprint density at radius 3 is 2.86 bits per heavy atom. The summed E-state index contributed by atoms with van der Waals surface area (Å²) in [7, 11) is 1.79. The number of rotatable bonds is 6. The van der Waals surface area contributed by atoms with Gasteiger partial charge in [0.05, 0.1) is 6.10 Å². The number of nitrogens with zero attached hydrogens (tertiary/aromatic N) is 1. The number of halogens is 1. The Bertz CT molecular complexity index is 459. The van der Waals surface area contributed by atoms with Gasteiger partial charge in [-0.05, 0) is 37.3 Å². The molecule has 21 heavy (non-hydrogen) atoms. The lowest BCUT2D eigenvalue weighted by Crippen LogP contribution is -2.39. The molecule has 5 heteroatoms. The molecule has 1 aliphatic rings. The minimum atomic E-state index is 0.415. The minimum Gasteiger partial charge on any atom is -0.378 e. The zero-order valence-electron chi connectivity index (χ0n) is 12.6. The van der Waals surface area contributed by atoms with Crippen LogP contribution in [0.25, 0.3) is 0 Å². The topological polar surface area (TPSA) is 45.7 Å². The van der Waals surface area contributed by atoms with Crippen molar-refractivity contribution in [1.82, 2.24) is 10.6 Å². The molecular weight excluding hydrogens is 286 g/mol. The molecule has 2 rings (SSSR count). The minimum absolute atomic E-state index is 0.415. The van der Waals surface area contributed by atoms with Crippen LogP contribution in [0.1, 0.15) is 24.8 Å². The van der Waals surface area contributed by atoms with E-state index in [1.165, 1.54) is 12.8 Å². The van der Waals surface area contributed by atoms with Gasteiger partial charge >= 0.3 is 0 Å². The second kappa shape index (κ2) is 8.90. The first kappa shape index (κ1) is 16.1. The zero-order valence-corrected chi connectivity index (χ0v) is 13.3. The van der Waals surface area contributed by atoms with Crippen LogP contribution in [0.3, 0.4) is 0 Å². The smallest absolute Gasteiger partial charge is 0.190 e. The Balaban J connectivity index is 1.64. The highest BCUT2D eigenvalue weighted by Crippen LogP contribution is 2.15. The molecule has 0 bridgehead atoms. The number of guanidine groups is 1. The second-order valence-electron chi connectivity index (χ2n) is 5.19. The van der Waals surface area contributed by atoms with Crippen molar-refractivity contribution in [1.29, 1.82) is 0 Å². The molecule has 0 spiro atoms. The number of hydrogen-bond acceptors (Lipinski definition) is 2. The molecule has 2 N–H and O–H groups in total. The molecule has 0 saturated carbocycles. The van der Waals surface area contributed by atoms with Gasteiger partial charge in [-0.1, -0.05) is 29.8 Å². The molecule has 1 aliphatic heterocycles. The van der Waals surface area contributed by atoms with Crippen LogP contribution in [0.4, 0.5) is 0 Å². The summed E-state index contributed by atoms with van der Waals surface area (Å²) in [4.78, 5) is 4.23. The van der Waals surface area contributed by atoms with Gasteiger partial charge in [-0.3, -0.25) is 4.99 Å². The third-order valence-electron chi connectivity index (χ3n) is 3.65. The van der Waals surface area contributed by atoms with Crippen LogP contribution in [-0.2, 0) is 11.2 Å². The van der Waals surface area contributed by atoms with Gasteiger partial charge in [-0.15, -0.1) is 0 Å². The van der Waals surface area contributed by atoms with Crippen molar-refractivity contribution in [3.8, 4) is 0 Å². The lowest BCUT2D eigenvalue weighted by molar-refractivity contribution is 0.105. The van der Waals surface area contributed by atoms with Gasteiger partial charge in [0.1, 0.15) is 0 Å². The average Bonchev–Trinajstić information content (AvgIpc) is 3.01. The van der Waals surface area contributed by atoms with Gasteiger partial charge in [0.2, 0.25) is 0 Å². The molecule has 1 unspecified atom stereocenters. The predicted molar refractivity (Wildman–Crippen MR) is 88.1 cm³/mol. The first-order chi connectivity index (χ1) is 10.3. The zero-order chi connectivity index (χ0) is 14.9. The molecule has 0 radical (unpaired) electrons. The Hall–Kier alpha value is -1.26.